The number of nitrogens with one attached hydrogen (secondary N) is 1. The summed E-state index contributed by atoms with van der Waals surface area (Å²) in [5.74, 6) is 1.19. The number of hydrogen-bond donors (Lipinski definition) is 2. The number of amides is 1. The van der Waals surface area contributed by atoms with Gasteiger partial charge >= 0.3 is 0 Å². The molecule has 0 radical (unpaired) electrons. The van der Waals surface area contributed by atoms with Crippen LogP contribution >= 0.6 is 11.3 Å². The van der Waals surface area contributed by atoms with Crippen molar-refractivity contribution in [3.8, 4) is 11.4 Å². The van der Waals surface area contributed by atoms with Crippen LogP contribution in [0.2, 0.25) is 0 Å². The monoisotopic (exact) mass is 342 g/mol. The fourth-order valence-electron chi connectivity index (χ4n) is 4.17. The molecular weight excluding hydrogens is 320 g/mol. The van der Waals surface area contributed by atoms with Gasteiger partial charge in [-0.05, 0) is 49.7 Å². The van der Waals surface area contributed by atoms with Crippen molar-refractivity contribution in [2.75, 3.05) is 5.32 Å². The average molecular weight is 342 g/mol. The van der Waals surface area contributed by atoms with Crippen molar-refractivity contribution in [1.82, 2.24) is 9.97 Å². The Bertz CT molecular complexity index is 703. The van der Waals surface area contributed by atoms with E-state index in [-0.39, 0.29) is 11.8 Å². The van der Waals surface area contributed by atoms with Crippen LogP contribution < -0.4 is 11.1 Å². The zero-order chi connectivity index (χ0) is 16.5. The van der Waals surface area contributed by atoms with E-state index in [2.05, 4.69) is 15.3 Å². The van der Waals surface area contributed by atoms with E-state index in [1.54, 1.807) is 6.20 Å². The number of rotatable bonds is 3. The van der Waals surface area contributed by atoms with E-state index >= 15 is 0 Å². The van der Waals surface area contributed by atoms with E-state index in [0.29, 0.717) is 23.0 Å². The summed E-state index contributed by atoms with van der Waals surface area (Å²) in [6, 6.07) is 6.02. The van der Waals surface area contributed by atoms with Crippen molar-refractivity contribution in [1.29, 1.82) is 0 Å². The van der Waals surface area contributed by atoms with Gasteiger partial charge in [0.1, 0.15) is 5.69 Å². The summed E-state index contributed by atoms with van der Waals surface area (Å²) in [6.45, 7) is 0. The first-order valence-corrected chi connectivity index (χ1v) is 9.52. The van der Waals surface area contributed by atoms with Gasteiger partial charge in [-0.2, -0.15) is 0 Å². The molecule has 2 fully saturated rings. The van der Waals surface area contributed by atoms with E-state index in [9.17, 15) is 4.79 Å². The normalized spacial score (nSPS) is 29.2. The fourth-order valence-corrected chi connectivity index (χ4v) is 4.88. The standard InChI is InChI=1S/C18H22N4OS/c19-16-11-4-3-5-12(16)9-13(8-11)17(23)22-18-21-15(10-24-18)14-6-1-2-7-20-14/h1-2,6-7,10-13,16H,3-5,8-9,19H2,(H,21,22,23). The number of aromatic nitrogens is 2. The molecule has 0 aromatic carbocycles. The lowest BCUT2D eigenvalue weighted by Gasteiger charge is -2.43. The molecule has 3 N–H and O–H groups in total. The zero-order valence-corrected chi connectivity index (χ0v) is 14.3. The Kier molecular flexibility index (Phi) is 4.33. The van der Waals surface area contributed by atoms with Crippen LogP contribution in [0.3, 0.4) is 0 Å². The maximum absolute atomic E-state index is 12.7. The Balaban J connectivity index is 1.42. The first-order chi connectivity index (χ1) is 11.7. The zero-order valence-electron chi connectivity index (χ0n) is 13.5. The van der Waals surface area contributed by atoms with Gasteiger partial charge in [-0.25, -0.2) is 4.98 Å². The molecule has 0 aliphatic heterocycles. The molecule has 126 valence electrons. The summed E-state index contributed by atoms with van der Waals surface area (Å²) in [5.41, 5.74) is 7.95. The minimum atomic E-state index is 0.0716. The maximum Gasteiger partial charge on any atom is 0.229 e. The highest BCUT2D eigenvalue weighted by Crippen LogP contribution is 2.42. The molecule has 6 heteroatoms. The van der Waals surface area contributed by atoms with Crippen LogP contribution in [0, 0.1) is 17.8 Å². The summed E-state index contributed by atoms with van der Waals surface area (Å²) in [4.78, 5) is 21.4. The highest BCUT2D eigenvalue weighted by Gasteiger charge is 2.40. The van der Waals surface area contributed by atoms with Crippen molar-refractivity contribution in [3.05, 3.63) is 29.8 Å². The summed E-state index contributed by atoms with van der Waals surface area (Å²) in [5, 5.41) is 5.59. The predicted molar refractivity (Wildman–Crippen MR) is 95.5 cm³/mol. The number of carbonyl (C=O) groups excluding carboxylic acids is 1. The number of anilines is 1. The van der Waals surface area contributed by atoms with Crippen molar-refractivity contribution >= 4 is 22.4 Å². The van der Waals surface area contributed by atoms with Gasteiger partial charge in [0.15, 0.2) is 5.13 Å². The molecule has 2 aromatic rings. The van der Waals surface area contributed by atoms with Gasteiger partial charge in [-0.1, -0.05) is 12.5 Å². The van der Waals surface area contributed by atoms with Crippen molar-refractivity contribution in [2.24, 2.45) is 23.5 Å². The molecule has 2 atom stereocenters. The summed E-state index contributed by atoms with van der Waals surface area (Å²) in [6.07, 6.45) is 7.18. The second-order valence-corrected chi connectivity index (χ2v) is 7.80. The van der Waals surface area contributed by atoms with Crippen LogP contribution in [0.25, 0.3) is 11.4 Å². The average Bonchev–Trinajstić information content (AvgIpc) is 3.04. The smallest absolute Gasteiger partial charge is 0.229 e. The predicted octanol–water partition coefficient (Wildman–Crippen LogP) is 3.30. The Labute approximate surface area is 145 Å². The molecule has 2 heterocycles. The SMILES string of the molecule is NC1C2CCCC1CC(C(=O)Nc1nc(-c3ccccn3)cs1)C2. The van der Waals surface area contributed by atoms with Crippen LogP contribution in [-0.2, 0) is 4.79 Å². The summed E-state index contributed by atoms with van der Waals surface area (Å²) < 4.78 is 0. The molecule has 2 aliphatic carbocycles. The van der Waals surface area contributed by atoms with Crippen LogP contribution in [0.5, 0.6) is 0 Å². The van der Waals surface area contributed by atoms with Crippen molar-refractivity contribution in [2.45, 2.75) is 38.1 Å². The number of nitrogens with zero attached hydrogens (tertiary/aromatic N) is 2. The molecule has 2 bridgehead atoms. The summed E-state index contributed by atoms with van der Waals surface area (Å²) >= 11 is 1.45. The second kappa shape index (κ2) is 6.61. The van der Waals surface area contributed by atoms with E-state index in [4.69, 9.17) is 5.73 Å². The molecule has 5 nitrogen and oxygen atoms in total. The molecule has 1 amide bonds. The van der Waals surface area contributed by atoms with Crippen molar-refractivity contribution in [3.63, 3.8) is 0 Å². The van der Waals surface area contributed by atoms with Gasteiger partial charge in [0.2, 0.25) is 5.91 Å². The highest BCUT2D eigenvalue weighted by molar-refractivity contribution is 7.14. The van der Waals surface area contributed by atoms with Gasteiger partial charge in [0.25, 0.3) is 0 Å². The van der Waals surface area contributed by atoms with E-state index in [0.717, 1.165) is 24.2 Å². The Morgan fingerprint density at radius 2 is 2.00 bits per heavy atom. The minimum absolute atomic E-state index is 0.0716. The molecule has 4 rings (SSSR count). The largest absolute Gasteiger partial charge is 0.327 e. The number of pyridine rings is 1. The topological polar surface area (TPSA) is 80.9 Å². The molecule has 2 saturated carbocycles. The second-order valence-electron chi connectivity index (χ2n) is 6.94. The lowest BCUT2D eigenvalue weighted by Crippen LogP contribution is -2.48. The first kappa shape index (κ1) is 15.7. The third-order valence-corrected chi connectivity index (χ3v) is 6.20. The Morgan fingerprint density at radius 3 is 2.71 bits per heavy atom. The lowest BCUT2D eigenvalue weighted by atomic mass is 9.65. The van der Waals surface area contributed by atoms with Gasteiger partial charge in [0, 0.05) is 23.5 Å². The number of nitrogens with two attached hydrogens (primary N) is 1. The fraction of sp³-hybridized carbons (Fsp3) is 0.500. The lowest BCUT2D eigenvalue weighted by molar-refractivity contribution is -0.122. The highest BCUT2D eigenvalue weighted by atomic mass is 32.1. The molecule has 24 heavy (non-hydrogen) atoms. The molecule has 2 unspecified atom stereocenters. The minimum Gasteiger partial charge on any atom is -0.327 e. The van der Waals surface area contributed by atoms with Crippen LogP contribution in [0.1, 0.15) is 32.1 Å². The van der Waals surface area contributed by atoms with E-state index in [1.165, 1.54) is 30.6 Å². The van der Waals surface area contributed by atoms with E-state index in [1.807, 2.05) is 23.6 Å². The number of hydrogen-bond acceptors (Lipinski definition) is 5. The quantitative estimate of drug-likeness (QED) is 0.897. The molecule has 0 spiro atoms. The van der Waals surface area contributed by atoms with Crippen LogP contribution in [0.4, 0.5) is 5.13 Å². The molecule has 2 aromatic heterocycles. The van der Waals surface area contributed by atoms with Gasteiger partial charge in [0.05, 0.1) is 5.69 Å². The van der Waals surface area contributed by atoms with E-state index < -0.39 is 0 Å². The molecular formula is C18H22N4OS. The Morgan fingerprint density at radius 1 is 1.21 bits per heavy atom. The van der Waals surface area contributed by atoms with Crippen molar-refractivity contribution < 1.29 is 4.79 Å². The van der Waals surface area contributed by atoms with Crippen LogP contribution in [0.15, 0.2) is 29.8 Å². The van der Waals surface area contributed by atoms with Gasteiger partial charge < -0.3 is 11.1 Å². The molecule has 2 aliphatic rings. The Hall–Kier alpha value is -1.79. The van der Waals surface area contributed by atoms with Crippen LogP contribution in [-0.4, -0.2) is 21.9 Å². The first-order valence-electron chi connectivity index (χ1n) is 8.64. The number of fused-ring (bicyclic) bond motifs is 2. The molecule has 0 saturated heterocycles. The third-order valence-electron chi connectivity index (χ3n) is 5.45. The maximum atomic E-state index is 12.7. The number of thiazole rings is 1. The number of carbonyl (C=O) groups is 1. The third kappa shape index (κ3) is 3.08. The van der Waals surface area contributed by atoms with Gasteiger partial charge in [-0.3, -0.25) is 9.78 Å². The van der Waals surface area contributed by atoms with Gasteiger partial charge in [-0.15, -0.1) is 11.3 Å². The summed E-state index contributed by atoms with van der Waals surface area (Å²) in [7, 11) is 0.